The quantitative estimate of drug-likeness (QED) is 0.829. The van der Waals surface area contributed by atoms with E-state index in [1.165, 1.54) is 0 Å². The van der Waals surface area contributed by atoms with Crippen molar-refractivity contribution in [3.05, 3.63) is 24.0 Å². The Bertz CT molecular complexity index is 623. The second kappa shape index (κ2) is 6.27. The minimum atomic E-state index is 0.120. The molecule has 2 aromatic heterocycles. The maximum absolute atomic E-state index is 5.26. The Morgan fingerprint density at radius 3 is 2.64 bits per heavy atom. The Balaban J connectivity index is 1.62. The van der Waals surface area contributed by atoms with E-state index in [4.69, 9.17) is 9.26 Å². The molecule has 0 aliphatic carbocycles. The van der Waals surface area contributed by atoms with Gasteiger partial charge in [-0.3, -0.25) is 4.90 Å². The number of nitrogens with zero attached hydrogens (tertiary/aromatic N) is 6. The maximum atomic E-state index is 5.26. The summed E-state index contributed by atoms with van der Waals surface area (Å²) in [7, 11) is 1.61. The van der Waals surface area contributed by atoms with Gasteiger partial charge < -0.3 is 14.2 Å². The zero-order valence-corrected chi connectivity index (χ0v) is 13.1. The van der Waals surface area contributed by atoms with Crippen LogP contribution < -0.4 is 9.64 Å². The Labute approximate surface area is 129 Å². The van der Waals surface area contributed by atoms with Gasteiger partial charge in [-0.05, 0) is 13.8 Å². The fourth-order valence-electron chi connectivity index (χ4n) is 2.55. The SMILES string of the molecule is COc1ccnc(N2CCN([C@H](C)c3nc(C)no3)CC2)n1. The predicted octanol–water partition coefficient (Wildman–Crippen LogP) is 1.06. The van der Waals surface area contributed by atoms with E-state index in [1.807, 2.05) is 6.92 Å². The molecule has 1 atom stereocenters. The molecule has 1 saturated heterocycles. The van der Waals surface area contributed by atoms with E-state index in [2.05, 4.69) is 36.8 Å². The Morgan fingerprint density at radius 1 is 1.23 bits per heavy atom. The van der Waals surface area contributed by atoms with E-state index in [1.54, 1.807) is 19.4 Å². The number of hydrogen-bond donors (Lipinski definition) is 0. The van der Waals surface area contributed by atoms with Crippen molar-refractivity contribution in [2.24, 2.45) is 0 Å². The average Bonchev–Trinajstić information content (AvgIpc) is 3.01. The second-order valence-corrected chi connectivity index (χ2v) is 5.28. The molecule has 8 nitrogen and oxygen atoms in total. The maximum Gasteiger partial charge on any atom is 0.243 e. The van der Waals surface area contributed by atoms with Gasteiger partial charge in [0.2, 0.25) is 17.7 Å². The van der Waals surface area contributed by atoms with Crippen LogP contribution in [0.1, 0.15) is 24.7 Å². The van der Waals surface area contributed by atoms with Crippen LogP contribution in [0.4, 0.5) is 5.95 Å². The van der Waals surface area contributed by atoms with Crippen molar-refractivity contribution in [1.29, 1.82) is 0 Å². The zero-order chi connectivity index (χ0) is 15.5. The molecule has 0 unspecified atom stereocenters. The summed E-state index contributed by atoms with van der Waals surface area (Å²) in [5.41, 5.74) is 0. The van der Waals surface area contributed by atoms with Gasteiger partial charge in [-0.25, -0.2) is 4.98 Å². The summed E-state index contributed by atoms with van der Waals surface area (Å²) in [6.07, 6.45) is 1.72. The van der Waals surface area contributed by atoms with E-state index >= 15 is 0 Å². The van der Waals surface area contributed by atoms with Gasteiger partial charge in [0.05, 0.1) is 13.2 Å². The highest BCUT2D eigenvalue weighted by atomic mass is 16.5. The van der Waals surface area contributed by atoms with Crippen molar-refractivity contribution in [1.82, 2.24) is 25.0 Å². The first-order valence-corrected chi connectivity index (χ1v) is 7.33. The highest BCUT2D eigenvalue weighted by Crippen LogP contribution is 2.21. The molecule has 1 fully saturated rings. The van der Waals surface area contributed by atoms with E-state index < -0.39 is 0 Å². The molecule has 3 rings (SSSR count). The van der Waals surface area contributed by atoms with Crippen LogP contribution in [0, 0.1) is 6.92 Å². The van der Waals surface area contributed by atoms with Gasteiger partial charge in [0.15, 0.2) is 5.82 Å². The summed E-state index contributed by atoms with van der Waals surface area (Å²) < 4.78 is 10.4. The van der Waals surface area contributed by atoms with Crippen molar-refractivity contribution in [3.63, 3.8) is 0 Å². The van der Waals surface area contributed by atoms with Gasteiger partial charge >= 0.3 is 0 Å². The predicted molar refractivity (Wildman–Crippen MR) is 79.8 cm³/mol. The smallest absolute Gasteiger partial charge is 0.243 e. The lowest BCUT2D eigenvalue weighted by molar-refractivity contribution is 0.163. The van der Waals surface area contributed by atoms with Crippen LogP contribution in [-0.4, -0.2) is 58.3 Å². The number of hydrogen-bond acceptors (Lipinski definition) is 8. The van der Waals surface area contributed by atoms with Crippen LogP contribution in [0.3, 0.4) is 0 Å². The fourth-order valence-corrected chi connectivity index (χ4v) is 2.55. The highest BCUT2D eigenvalue weighted by molar-refractivity contribution is 5.32. The molecule has 2 aromatic rings. The highest BCUT2D eigenvalue weighted by Gasteiger charge is 2.26. The first-order valence-electron chi connectivity index (χ1n) is 7.33. The molecule has 8 heteroatoms. The van der Waals surface area contributed by atoms with E-state index in [9.17, 15) is 0 Å². The van der Waals surface area contributed by atoms with Gasteiger partial charge in [0.1, 0.15) is 0 Å². The third-order valence-electron chi connectivity index (χ3n) is 3.87. The summed E-state index contributed by atoms with van der Waals surface area (Å²) in [4.78, 5) is 17.5. The van der Waals surface area contributed by atoms with Crippen molar-refractivity contribution in [2.75, 3.05) is 38.2 Å². The summed E-state index contributed by atoms with van der Waals surface area (Å²) in [6, 6.07) is 1.87. The number of aromatic nitrogens is 4. The molecule has 0 spiro atoms. The molecule has 1 aliphatic rings. The van der Waals surface area contributed by atoms with Crippen LogP contribution in [0.15, 0.2) is 16.8 Å². The van der Waals surface area contributed by atoms with Crippen molar-refractivity contribution >= 4 is 5.95 Å². The lowest BCUT2D eigenvalue weighted by atomic mass is 10.2. The van der Waals surface area contributed by atoms with Crippen LogP contribution in [0.25, 0.3) is 0 Å². The van der Waals surface area contributed by atoms with Gasteiger partial charge in [0.25, 0.3) is 0 Å². The topological polar surface area (TPSA) is 80.4 Å². The van der Waals surface area contributed by atoms with Crippen molar-refractivity contribution in [2.45, 2.75) is 19.9 Å². The minimum Gasteiger partial charge on any atom is -0.481 e. The zero-order valence-electron chi connectivity index (χ0n) is 13.1. The number of ether oxygens (including phenoxy) is 1. The fraction of sp³-hybridized carbons (Fsp3) is 0.571. The third kappa shape index (κ3) is 3.01. The van der Waals surface area contributed by atoms with Crippen LogP contribution in [0.2, 0.25) is 0 Å². The molecule has 0 bridgehead atoms. The normalized spacial score (nSPS) is 17.5. The minimum absolute atomic E-state index is 0.120. The number of piperazine rings is 1. The molecule has 0 N–H and O–H groups in total. The summed E-state index contributed by atoms with van der Waals surface area (Å²) >= 11 is 0. The molecule has 3 heterocycles. The molecular weight excluding hydrogens is 284 g/mol. The first-order chi connectivity index (χ1) is 10.7. The molecular formula is C14H20N6O2. The van der Waals surface area contributed by atoms with Gasteiger partial charge in [-0.1, -0.05) is 5.16 Å². The number of aryl methyl sites for hydroxylation is 1. The molecule has 22 heavy (non-hydrogen) atoms. The number of rotatable bonds is 4. The Hall–Kier alpha value is -2.22. The number of methoxy groups -OCH3 is 1. The standard InChI is InChI=1S/C14H20N6O2/c1-10(13-16-11(2)18-22-13)19-6-8-20(9-7-19)14-15-5-4-12(17-14)21-3/h4-5,10H,6-9H2,1-3H3/t10-/m1/s1. The van der Waals surface area contributed by atoms with Crippen molar-refractivity contribution in [3.8, 4) is 5.88 Å². The molecule has 0 saturated carbocycles. The van der Waals surface area contributed by atoms with Gasteiger partial charge in [0, 0.05) is 38.4 Å². The Kier molecular flexibility index (Phi) is 4.19. The van der Waals surface area contributed by atoms with E-state index in [0.717, 1.165) is 26.2 Å². The summed E-state index contributed by atoms with van der Waals surface area (Å²) in [5.74, 6) is 2.64. The van der Waals surface area contributed by atoms with E-state index in [-0.39, 0.29) is 6.04 Å². The third-order valence-corrected chi connectivity index (χ3v) is 3.87. The van der Waals surface area contributed by atoms with E-state index in [0.29, 0.717) is 23.5 Å². The van der Waals surface area contributed by atoms with Crippen LogP contribution in [0.5, 0.6) is 5.88 Å². The molecule has 118 valence electrons. The average molecular weight is 304 g/mol. The van der Waals surface area contributed by atoms with Crippen LogP contribution >= 0.6 is 0 Å². The lowest BCUT2D eigenvalue weighted by Gasteiger charge is -2.36. The van der Waals surface area contributed by atoms with Gasteiger partial charge in [-0.15, -0.1) is 0 Å². The summed E-state index contributed by atoms with van der Waals surface area (Å²) in [6.45, 7) is 7.41. The lowest BCUT2D eigenvalue weighted by Crippen LogP contribution is -2.47. The summed E-state index contributed by atoms with van der Waals surface area (Å²) in [5, 5.41) is 3.86. The number of anilines is 1. The molecule has 0 aromatic carbocycles. The Morgan fingerprint density at radius 2 is 2.00 bits per heavy atom. The first kappa shape index (κ1) is 14.7. The molecule has 0 amide bonds. The largest absolute Gasteiger partial charge is 0.481 e. The molecule has 0 radical (unpaired) electrons. The second-order valence-electron chi connectivity index (χ2n) is 5.28. The molecule has 1 aliphatic heterocycles. The van der Waals surface area contributed by atoms with Crippen LogP contribution in [-0.2, 0) is 0 Å². The van der Waals surface area contributed by atoms with Gasteiger partial charge in [-0.2, -0.15) is 9.97 Å². The monoisotopic (exact) mass is 304 g/mol. The van der Waals surface area contributed by atoms with Crippen molar-refractivity contribution < 1.29 is 9.26 Å².